The van der Waals surface area contributed by atoms with E-state index in [4.69, 9.17) is 9.26 Å². The van der Waals surface area contributed by atoms with E-state index >= 15 is 0 Å². The lowest BCUT2D eigenvalue weighted by molar-refractivity contribution is 0.0114. The molecule has 2 aliphatic heterocycles. The van der Waals surface area contributed by atoms with Gasteiger partial charge in [0.2, 0.25) is 0 Å². The number of aromatic nitrogens is 3. The van der Waals surface area contributed by atoms with Gasteiger partial charge in [0.15, 0.2) is 5.82 Å². The van der Waals surface area contributed by atoms with Crippen LogP contribution in [0.2, 0.25) is 0 Å². The van der Waals surface area contributed by atoms with E-state index < -0.39 is 0 Å². The van der Waals surface area contributed by atoms with Gasteiger partial charge >= 0.3 is 0 Å². The first kappa shape index (κ1) is 19.7. The van der Waals surface area contributed by atoms with Crippen molar-refractivity contribution in [2.45, 2.75) is 19.4 Å². The van der Waals surface area contributed by atoms with Gasteiger partial charge in [0, 0.05) is 36.8 Å². The quantitative estimate of drug-likeness (QED) is 0.643. The van der Waals surface area contributed by atoms with E-state index in [-0.39, 0.29) is 17.4 Å². The summed E-state index contributed by atoms with van der Waals surface area (Å²) in [4.78, 5) is 26.1. The lowest BCUT2D eigenvalue weighted by atomic mass is 9.77. The van der Waals surface area contributed by atoms with Crippen molar-refractivity contribution in [2.75, 3.05) is 33.8 Å². The first-order valence-electron chi connectivity index (χ1n) is 10.4. The normalized spacial score (nSPS) is 20.1. The molecule has 0 N–H and O–H groups in total. The van der Waals surface area contributed by atoms with Crippen LogP contribution in [0.3, 0.4) is 0 Å². The molecule has 2 fully saturated rings. The number of rotatable bonds is 4. The zero-order valence-corrected chi connectivity index (χ0v) is 17.9. The van der Waals surface area contributed by atoms with Crippen LogP contribution in [0, 0.1) is 12.3 Å². The highest BCUT2D eigenvalue weighted by Crippen LogP contribution is 2.47. The molecule has 1 atom stereocenters. The minimum Gasteiger partial charge on any atom is -0.497 e. The Balaban J connectivity index is 1.27. The average Bonchev–Trinajstić information content (AvgIpc) is 3.37. The van der Waals surface area contributed by atoms with Crippen LogP contribution in [0.5, 0.6) is 5.75 Å². The monoisotopic (exact) mass is 419 g/mol. The van der Waals surface area contributed by atoms with Crippen LogP contribution < -0.4 is 4.74 Å². The number of aryl methyl sites for hydroxylation is 1. The predicted octanol–water partition coefficient (Wildman–Crippen LogP) is 2.97. The molecule has 1 aromatic carbocycles. The maximum absolute atomic E-state index is 13.0. The van der Waals surface area contributed by atoms with Gasteiger partial charge < -0.3 is 14.2 Å². The molecule has 1 spiro atoms. The van der Waals surface area contributed by atoms with Crippen molar-refractivity contribution in [3.63, 3.8) is 0 Å². The lowest BCUT2D eigenvalue weighted by Crippen LogP contribution is -2.59. The first-order valence-corrected chi connectivity index (χ1v) is 10.4. The molecule has 0 aliphatic carbocycles. The summed E-state index contributed by atoms with van der Waals surface area (Å²) in [6.45, 7) is 4.32. The third kappa shape index (κ3) is 3.46. The number of amides is 1. The van der Waals surface area contributed by atoms with Crippen molar-refractivity contribution in [1.82, 2.24) is 24.9 Å². The highest BCUT2D eigenvalue weighted by molar-refractivity contribution is 5.96. The zero-order valence-electron chi connectivity index (χ0n) is 17.9. The van der Waals surface area contributed by atoms with Crippen molar-refractivity contribution in [3.8, 4) is 17.3 Å². The number of hydrogen-bond donors (Lipinski definition) is 0. The summed E-state index contributed by atoms with van der Waals surface area (Å²) in [5.41, 5.74) is 2.41. The molecule has 5 rings (SSSR count). The number of pyridine rings is 1. The molecule has 0 bridgehead atoms. The number of carbonyl (C=O) groups excluding carboxylic acids is 1. The topological polar surface area (TPSA) is 84.6 Å². The Hall–Kier alpha value is -3.26. The first-order chi connectivity index (χ1) is 15.0. The third-order valence-electron chi connectivity index (χ3n) is 6.37. The molecule has 2 saturated heterocycles. The van der Waals surface area contributed by atoms with E-state index in [9.17, 15) is 4.79 Å². The Morgan fingerprint density at radius 2 is 2.06 bits per heavy atom. The molecular formula is C23H25N5O3. The molecule has 31 heavy (non-hydrogen) atoms. The van der Waals surface area contributed by atoms with Crippen LogP contribution in [0.15, 0.2) is 47.1 Å². The Kier molecular flexibility index (Phi) is 4.74. The molecule has 2 aliphatic rings. The van der Waals surface area contributed by atoms with E-state index in [1.807, 2.05) is 48.2 Å². The highest BCUT2D eigenvalue weighted by Gasteiger charge is 2.53. The molecule has 1 unspecified atom stereocenters. The van der Waals surface area contributed by atoms with Gasteiger partial charge in [-0.25, -0.2) is 0 Å². The number of hydrogen-bond acceptors (Lipinski definition) is 7. The SMILES string of the molecule is COc1ccc(C(=O)N2CC3(CC(c4noc(-c5ccccn5)n4)N(C)C3)C2)c(C)c1. The summed E-state index contributed by atoms with van der Waals surface area (Å²) < 4.78 is 10.7. The van der Waals surface area contributed by atoms with Gasteiger partial charge in [-0.15, -0.1) is 0 Å². The van der Waals surface area contributed by atoms with Crippen LogP contribution in [0.1, 0.15) is 34.2 Å². The molecule has 8 nitrogen and oxygen atoms in total. The van der Waals surface area contributed by atoms with Crippen LogP contribution >= 0.6 is 0 Å². The molecule has 160 valence electrons. The zero-order chi connectivity index (χ0) is 21.6. The van der Waals surface area contributed by atoms with Gasteiger partial charge in [0.05, 0.1) is 13.2 Å². The molecule has 0 radical (unpaired) electrons. The Morgan fingerprint density at radius 3 is 2.77 bits per heavy atom. The van der Waals surface area contributed by atoms with Crippen molar-refractivity contribution in [3.05, 3.63) is 59.5 Å². The second kappa shape index (κ2) is 7.46. The van der Waals surface area contributed by atoms with Crippen molar-refractivity contribution < 1.29 is 14.1 Å². The molecule has 3 aromatic rings. The van der Waals surface area contributed by atoms with E-state index in [0.717, 1.165) is 42.9 Å². The van der Waals surface area contributed by atoms with Crippen LogP contribution in [0.25, 0.3) is 11.6 Å². The van der Waals surface area contributed by atoms with Gasteiger partial charge in [0.1, 0.15) is 11.4 Å². The highest BCUT2D eigenvalue weighted by atomic mass is 16.5. The van der Waals surface area contributed by atoms with E-state index in [2.05, 4.69) is 27.1 Å². The molecule has 2 aromatic heterocycles. The van der Waals surface area contributed by atoms with Gasteiger partial charge in [-0.05, 0) is 56.3 Å². The lowest BCUT2D eigenvalue weighted by Gasteiger charge is -2.48. The van der Waals surface area contributed by atoms with E-state index in [0.29, 0.717) is 17.4 Å². The number of benzene rings is 1. The summed E-state index contributed by atoms with van der Waals surface area (Å²) in [5, 5.41) is 4.22. The average molecular weight is 419 g/mol. The molecule has 4 heterocycles. The fourth-order valence-corrected chi connectivity index (χ4v) is 4.83. The number of carbonyl (C=O) groups is 1. The van der Waals surface area contributed by atoms with Gasteiger partial charge in [-0.3, -0.25) is 14.7 Å². The Bertz CT molecular complexity index is 1110. The summed E-state index contributed by atoms with van der Waals surface area (Å²) in [7, 11) is 3.71. The van der Waals surface area contributed by atoms with Crippen molar-refractivity contribution >= 4 is 5.91 Å². The summed E-state index contributed by atoms with van der Waals surface area (Å²) in [6, 6.07) is 11.3. The van der Waals surface area contributed by atoms with Crippen LogP contribution in [-0.2, 0) is 0 Å². The summed E-state index contributed by atoms with van der Waals surface area (Å²) in [5.74, 6) is 1.95. The van der Waals surface area contributed by atoms with Gasteiger partial charge in [0.25, 0.3) is 11.8 Å². The molecule has 8 heteroatoms. The fourth-order valence-electron chi connectivity index (χ4n) is 4.83. The van der Waals surface area contributed by atoms with Crippen molar-refractivity contribution in [2.24, 2.45) is 5.41 Å². The second-order valence-corrected chi connectivity index (χ2v) is 8.65. The van der Waals surface area contributed by atoms with Crippen LogP contribution in [-0.4, -0.2) is 64.6 Å². The second-order valence-electron chi connectivity index (χ2n) is 8.65. The minimum atomic E-state index is 0.0705. The Morgan fingerprint density at radius 1 is 1.23 bits per heavy atom. The van der Waals surface area contributed by atoms with Gasteiger partial charge in [-0.1, -0.05) is 11.2 Å². The molecule has 1 amide bonds. The number of likely N-dealkylation sites (tertiary alicyclic amines) is 2. The standard InChI is InChI=1S/C23H25N5O3/c1-15-10-16(30-3)7-8-17(15)22(29)28-13-23(14-28)11-19(27(2)12-23)20-25-21(31-26-20)18-6-4-5-9-24-18/h4-10,19H,11-14H2,1-3H3. The maximum Gasteiger partial charge on any atom is 0.276 e. The van der Waals surface area contributed by atoms with Gasteiger partial charge in [-0.2, -0.15) is 4.98 Å². The number of ether oxygens (including phenoxy) is 1. The predicted molar refractivity (Wildman–Crippen MR) is 114 cm³/mol. The van der Waals surface area contributed by atoms with Crippen molar-refractivity contribution in [1.29, 1.82) is 0 Å². The fraction of sp³-hybridized carbons (Fsp3) is 0.391. The maximum atomic E-state index is 13.0. The molecular weight excluding hydrogens is 394 g/mol. The number of nitrogens with zero attached hydrogens (tertiary/aromatic N) is 5. The van der Waals surface area contributed by atoms with E-state index in [1.165, 1.54) is 0 Å². The van der Waals surface area contributed by atoms with E-state index in [1.54, 1.807) is 13.3 Å². The minimum absolute atomic E-state index is 0.0705. The summed E-state index contributed by atoms with van der Waals surface area (Å²) >= 11 is 0. The van der Waals surface area contributed by atoms with Crippen LogP contribution in [0.4, 0.5) is 0 Å². The Labute approximate surface area is 180 Å². The smallest absolute Gasteiger partial charge is 0.276 e. The number of methoxy groups -OCH3 is 1. The summed E-state index contributed by atoms with van der Waals surface area (Å²) in [6.07, 6.45) is 2.61. The molecule has 0 saturated carbocycles. The third-order valence-corrected chi connectivity index (χ3v) is 6.37. The largest absolute Gasteiger partial charge is 0.497 e.